The van der Waals surface area contributed by atoms with Gasteiger partial charge in [0.25, 0.3) is 10.0 Å². The Kier molecular flexibility index (Phi) is 3.91. The van der Waals surface area contributed by atoms with Crippen molar-refractivity contribution in [1.29, 1.82) is 0 Å². The highest BCUT2D eigenvalue weighted by atomic mass is 32.2. The highest BCUT2D eigenvalue weighted by molar-refractivity contribution is 7.89. The molecule has 0 atom stereocenters. The van der Waals surface area contributed by atoms with Crippen LogP contribution in [0.2, 0.25) is 0 Å². The van der Waals surface area contributed by atoms with Gasteiger partial charge in [-0.05, 0) is 19.2 Å². The summed E-state index contributed by atoms with van der Waals surface area (Å²) in [5.41, 5.74) is 0. The van der Waals surface area contributed by atoms with Crippen molar-refractivity contribution in [2.24, 2.45) is 0 Å². The van der Waals surface area contributed by atoms with Gasteiger partial charge in [-0.3, -0.25) is 5.32 Å². The van der Waals surface area contributed by atoms with Crippen LogP contribution in [0.4, 0.5) is 0 Å². The van der Waals surface area contributed by atoms with Crippen LogP contribution in [0.1, 0.15) is 5.76 Å². The fraction of sp³-hybridized carbons (Fsp3) is 0.333. The third-order valence-corrected chi connectivity index (χ3v) is 2.98. The van der Waals surface area contributed by atoms with Gasteiger partial charge in [0, 0.05) is 0 Å². The molecule has 0 unspecified atom stereocenters. The third kappa shape index (κ3) is 3.09. The van der Waals surface area contributed by atoms with Crippen molar-refractivity contribution in [3.05, 3.63) is 17.9 Å². The lowest BCUT2D eigenvalue weighted by molar-refractivity contribution is 0.404. The summed E-state index contributed by atoms with van der Waals surface area (Å²) in [5.74, 6) is 2.93. The molecule has 6 heteroatoms. The molecule has 0 aromatic carbocycles. The molecule has 1 aromatic heterocycles. The Morgan fingerprint density at radius 2 is 2.27 bits per heavy atom. The average Bonchev–Trinajstić information content (AvgIpc) is 2.68. The largest absolute Gasteiger partial charge is 0.447 e. The summed E-state index contributed by atoms with van der Waals surface area (Å²) in [6.45, 7) is 0.818. The van der Waals surface area contributed by atoms with Crippen molar-refractivity contribution < 1.29 is 12.8 Å². The summed E-state index contributed by atoms with van der Waals surface area (Å²) in [7, 11) is -2.17. The summed E-state index contributed by atoms with van der Waals surface area (Å²) in [6, 6.07) is 2.99. The second-order valence-electron chi connectivity index (χ2n) is 2.74. The molecular formula is C9H12N2O3S. The SMILES string of the molecule is C#CCNCc1ccc(S(=O)(=O)NC)o1. The first kappa shape index (κ1) is 11.8. The zero-order valence-corrected chi connectivity index (χ0v) is 9.10. The first-order valence-electron chi connectivity index (χ1n) is 4.26. The van der Waals surface area contributed by atoms with E-state index in [2.05, 4.69) is 16.0 Å². The van der Waals surface area contributed by atoms with Gasteiger partial charge in [-0.2, -0.15) is 0 Å². The van der Waals surface area contributed by atoms with Crippen LogP contribution in [0.5, 0.6) is 0 Å². The second-order valence-corrected chi connectivity index (χ2v) is 4.55. The lowest BCUT2D eigenvalue weighted by Crippen LogP contribution is -2.17. The Bertz CT molecular complexity index is 456. The first-order chi connectivity index (χ1) is 7.10. The number of terminal acetylenes is 1. The zero-order chi connectivity index (χ0) is 11.3. The molecule has 1 aromatic rings. The predicted molar refractivity (Wildman–Crippen MR) is 55.5 cm³/mol. The normalized spacial score (nSPS) is 11.2. The maximum atomic E-state index is 11.3. The molecule has 1 heterocycles. The van der Waals surface area contributed by atoms with Gasteiger partial charge in [0.2, 0.25) is 5.09 Å². The van der Waals surface area contributed by atoms with Gasteiger partial charge in [0.05, 0.1) is 13.1 Å². The molecule has 0 spiro atoms. The molecule has 0 saturated carbocycles. The highest BCUT2D eigenvalue weighted by Crippen LogP contribution is 2.12. The third-order valence-electron chi connectivity index (χ3n) is 1.70. The Morgan fingerprint density at radius 1 is 1.53 bits per heavy atom. The van der Waals surface area contributed by atoms with E-state index >= 15 is 0 Å². The van der Waals surface area contributed by atoms with Crippen LogP contribution < -0.4 is 10.0 Å². The fourth-order valence-corrected chi connectivity index (χ4v) is 1.62. The minimum Gasteiger partial charge on any atom is -0.447 e. The number of hydrogen-bond donors (Lipinski definition) is 2. The van der Waals surface area contributed by atoms with Crippen LogP contribution in [-0.4, -0.2) is 22.0 Å². The molecule has 82 valence electrons. The molecule has 5 nitrogen and oxygen atoms in total. The smallest absolute Gasteiger partial charge is 0.273 e. The van der Waals surface area contributed by atoms with E-state index in [0.717, 1.165) is 0 Å². The molecule has 0 radical (unpaired) electrons. The fourth-order valence-electron chi connectivity index (χ4n) is 0.956. The van der Waals surface area contributed by atoms with Crippen molar-refractivity contribution in [2.45, 2.75) is 11.6 Å². The standard InChI is InChI=1S/C9H12N2O3S/c1-3-6-11-7-8-4-5-9(14-8)15(12,13)10-2/h1,4-5,10-11H,6-7H2,2H3. The van der Waals surface area contributed by atoms with Gasteiger partial charge in [-0.25, -0.2) is 13.1 Å². The first-order valence-corrected chi connectivity index (χ1v) is 5.75. The topological polar surface area (TPSA) is 71.3 Å². The Balaban J connectivity index is 2.70. The van der Waals surface area contributed by atoms with E-state index in [-0.39, 0.29) is 5.09 Å². The summed E-state index contributed by atoms with van der Waals surface area (Å²) >= 11 is 0. The Hall–Kier alpha value is -1.29. The number of furan rings is 1. The van der Waals surface area contributed by atoms with Crippen molar-refractivity contribution in [2.75, 3.05) is 13.6 Å². The Labute approximate surface area is 88.9 Å². The average molecular weight is 228 g/mol. The van der Waals surface area contributed by atoms with E-state index in [1.54, 1.807) is 6.07 Å². The highest BCUT2D eigenvalue weighted by Gasteiger charge is 2.15. The van der Waals surface area contributed by atoms with E-state index in [9.17, 15) is 8.42 Å². The quantitative estimate of drug-likeness (QED) is 0.546. The van der Waals surface area contributed by atoms with Crippen LogP contribution in [0.15, 0.2) is 21.6 Å². The van der Waals surface area contributed by atoms with Crippen molar-refractivity contribution in [3.8, 4) is 12.3 Å². The van der Waals surface area contributed by atoms with E-state index in [4.69, 9.17) is 10.8 Å². The molecule has 0 aliphatic carbocycles. The van der Waals surface area contributed by atoms with Crippen LogP contribution in [0.3, 0.4) is 0 Å². The summed E-state index contributed by atoms with van der Waals surface area (Å²) < 4.78 is 29.8. The molecule has 0 aliphatic heterocycles. The van der Waals surface area contributed by atoms with Crippen LogP contribution in [0.25, 0.3) is 0 Å². The Morgan fingerprint density at radius 3 is 2.87 bits per heavy atom. The maximum absolute atomic E-state index is 11.3. The number of sulfonamides is 1. The minimum absolute atomic E-state index is 0.0949. The number of hydrogen-bond acceptors (Lipinski definition) is 4. The van der Waals surface area contributed by atoms with Crippen LogP contribution >= 0.6 is 0 Å². The van der Waals surface area contributed by atoms with Crippen molar-refractivity contribution >= 4 is 10.0 Å². The molecule has 0 saturated heterocycles. The van der Waals surface area contributed by atoms with Gasteiger partial charge in [0.15, 0.2) is 0 Å². The summed E-state index contributed by atoms with van der Waals surface area (Å²) in [6.07, 6.45) is 5.04. The summed E-state index contributed by atoms with van der Waals surface area (Å²) in [4.78, 5) is 0. The van der Waals surface area contributed by atoms with E-state index in [1.165, 1.54) is 13.1 Å². The van der Waals surface area contributed by atoms with E-state index in [0.29, 0.717) is 18.8 Å². The number of nitrogens with one attached hydrogen (secondary N) is 2. The molecule has 0 bridgehead atoms. The molecule has 15 heavy (non-hydrogen) atoms. The molecule has 2 N–H and O–H groups in total. The van der Waals surface area contributed by atoms with Crippen molar-refractivity contribution in [3.63, 3.8) is 0 Å². The van der Waals surface area contributed by atoms with Gasteiger partial charge >= 0.3 is 0 Å². The maximum Gasteiger partial charge on any atom is 0.273 e. The van der Waals surface area contributed by atoms with Gasteiger partial charge in [-0.15, -0.1) is 6.42 Å². The van der Waals surface area contributed by atoms with Gasteiger partial charge in [-0.1, -0.05) is 5.92 Å². The molecule has 1 rings (SSSR count). The molecule has 0 aliphatic rings. The molecule has 0 fully saturated rings. The molecular weight excluding hydrogens is 216 g/mol. The molecule has 0 amide bonds. The van der Waals surface area contributed by atoms with Crippen LogP contribution in [-0.2, 0) is 16.6 Å². The van der Waals surface area contributed by atoms with Gasteiger partial charge in [0.1, 0.15) is 5.76 Å². The monoisotopic (exact) mass is 228 g/mol. The van der Waals surface area contributed by atoms with Gasteiger partial charge < -0.3 is 4.42 Å². The van der Waals surface area contributed by atoms with Crippen molar-refractivity contribution in [1.82, 2.24) is 10.0 Å². The van der Waals surface area contributed by atoms with Crippen LogP contribution in [0, 0.1) is 12.3 Å². The minimum atomic E-state index is -3.49. The van der Waals surface area contributed by atoms with E-state index in [1.807, 2.05) is 0 Å². The number of rotatable bonds is 5. The second kappa shape index (κ2) is 4.98. The predicted octanol–water partition coefficient (Wildman–Crippen LogP) is -0.0895. The lowest BCUT2D eigenvalue weighted by Gasteiger charge is -1.98. The zero-order valence-electron chi connectivity index (χ0n) is 8.28. The lowest BCUT2D eigenvalue weighted by atomic mass is 10.4. The summed E-state index contributed by atoms with van der Waals surface area (Å²) in [5, 5.41) is 2.79. The van der Waals surface area contributed by atoms with E-state index < -0.39 is 10.0 Å².